The number of hydrogen-bond acceptors (Lipinski definition) is 13. The van der Waals surface area contributed by atoms with E-state index in [-0.39, 0.29) is 35.3 Å². The molecule has 1 saturated heterocycles. The number of nitriles is 1. The van der Waals surface area contributed by atoms with Crippen LogP contribution in [-0.2, 0) is 30.0 Å². The molecular formula is C30H34N7O8P. The Kier molecular flexibility index (Phi) is 9.85. The molecule has 0 aliphatic carbocycles. The quantitative estimate of drug-likeness (QED) is 0.140. The van der Waals surface area contributed by atoms with Gasteiger partial charge in [0.15, 0.2) is 17.4 Å². The lowest BCUT2D eigenvalue weighted by atomic mass is 9.84. The van der Waals surface area contributed by atoms with E-state index < -0.39 is 50.2 Å². The fourth-order valence-electron chi connectivity index (χ4n) is 4.86. The highest BCUT2D eigenvalue weighted by Gasteiger charge is 2.56. The van der Waals surface area contributed by atoms with Crippen molar-refractivity contribution in [3.8, 4) is 17.7 Å². The summed E-state index contributed by atoms with van der Waals surface area (Å²) in [5.41, 5.74) is 5.64. The number of ether oxygens (including phenoxy) is 3. The third kappa shape index (κ3) is 6.96. The molecule has 0 radical (unpaired) electrons. The average molecular weight is 652 g/mol. The maximum Gasteiger partial charge on any atom is 0.459 e. The highest BCUT2D eigenvalue weighted by Crippen LogP contribution is 2.49. The van der Waals surface area contributed by atoms with Crippen molar-refractivity contribution in [1.29, 1.82) is 5.26 Å². The molecule has 0 spiro atoms. The number of imidazole rings is 1. The second-order valence-electron chi connectivity index (χ2n) is 10.7. The van der Waals surface area contributed by atoms with E-state index in [0.29, 0.717) is 6.61 Å². The van der Waals surface area contributed by atoms with Gasteiger partial charge in [-0.15, -0.1) is 0 Å². The number of fused-ring (bicyclic) bond motifs is 1. The van der Waals surface area contributed by atoms with E-state index in [1.54, 1.807) is 49.4 Å². The van der Waals surface area contributed by atoms with Crippen molar-refractivity contribution in [2.75, 3.05) is 18.9 Å². The molecule has 1 fully saturated rings. The number of carbonyl (C=O) groups is 1. The zero-order valence-electron chi connectivity index (χ0n) is 25.3. The number of aliphatic hydroxyl groups is 1. The van der Waals surface area contributed by atoms with Crippen molar-refractivity contribution in [2.24, 2.45) is 5.41 Å². The summed E-state index contributed by atoms with van der Waals surface area (Å²) < 4.78 is 44.1. The first-order valence-corrected chi connectivity index (χ1v) is 16.0. The van der Waals surface area contributed by atoms with E-state index in [2.05, 4.69) is 26.1 Å². The largest absolute Gasteiger partial charge is 0.476 e. The number of hydrogen-bond donors (Lipinski definition) is 3. The number of carbonyl (C=O) groups excluding carboxylic acids is 1. The lowest BCUT2D eigenvalue weighted by Gasteiger charge is -2.26. The van der Waals surface area contributed by atoms with Crippen LogP contribution < -0.4 is 20.1 Å². The van der Waals surface area contributed by atoms with Crippen molar-refractivity contribution in [1.82, 2.24) is 24.6 Å². The van der Waals surface area contributed by atoms with Gasteiger partial charge in [0.05, 0.1) is 25.6 Å². The molecule has 1 aliphatic heterocycles. The van der Waals surface area contributed by atoms with Gasteiger partial charge in [0.2, 0.25) is 11.8 Å². The molecule has 2 aromatic carbocycles. The van der Waals surface area contributed by atoms with E-state index in [9.17, 15) is 19.7 Å². The summed E-state index contributed by atoms with van der Waals surface area (Å²) in [4.78, 5) is 25.5. The fraction of sp³-hybridized carbons (Fsp3) is 0.367. The highest BCUT2D eigenvalue weighted by atomic mass is 31.2. The van der Waals surface area contributed by atoms with Gasteiger partial charge in [-0.2, -0.15) is 20.3 Å². The molecule has 242 valence electrons. The number of nitrogens with two attached hydrogens (primary N) is 1. The Balaban J connectivity index is 1.35. The number of aliphatic hydroxyl groups excluding tert-OH is 1. The summed E-state index contributed by atoms with van der Waals surface area (Å²) in [5.74, 6) is -0.431. The smallest absolute Gasteiger partial charge is 0.459 e. The van der Waals surface area contributed by atoms with E-state index in [1.807, 2.05) is 18.2 Å². The summed E-state index contributed by atoms with van der Waals surface area (Å²) in [6, 6.07) is 18.3. The summed E-state index contributed by atoms with van der Waals surface area (Å²) in [7, 11) is -4.31. The van der Waals surface area contributed by atoms with Gasteiger partial charge in [-0.3, -0.25) is 13.9 Å². The fourth-order valence-corrected chi connectivity index (χ4v) is 6.36. The Hall–Kier alpha value is -4.58. The molecule has 4 aromatic rings. The van der Waals surface area contributed by atoms with E-state index in [4.69, 9.17) is 29.0 Å². The van der Waals surface area contributed by atoms with Crippen molar-refractivity contribution < 1.29 is 37.7 Å². The van der Waals surface area contributed by atoms with Crippen LogP contribution in [0.4, 0.5) is 5.95 Å². The summed E-state index contributed by atoms with van der Waals surface area (Å²) in [6.07, 6.45) is -2.34. The van der Waals surface area contributed by atoms with Crippen LogP contribution in [0.3, 0.4) is 0 Å². The maximum atomic E-state index is 14.1. The summed E-state index contributed by atoms with van der Waals surface area (Å²) >= 11 is 0. The van der Waals surface area contributed by atoms with Crippen molar-refractivity contribution in [2.45, 2.75) is 51.9 Å². The van der Waals surface area contributed by atoms with Gasteiger partial charge in [0, 0.05) is 0 Å². The number of aromatic nitrogens is 4. The van der Waals surface area contributed by atoms with Crippen LogP contribution in [0.1, 0.15) is 32.6 Å². The number of anilines is 1. The van der Waals surface area contributed by atoms with Crippen LogP contribution in [0.25, 0.3) is 11.2 Å². The predicted octanol–water partition coefficient (Wildman–Crippen LogP) is 3.52. The second kappa shape index (κ2) is 13.8. The van der Waals surface area contributed by atoms with Gasteiger partial charge in [-0.1, -0.05) is 48.5 Å². The summed E-state index contributed by atoms with van der Waals surface area (Å²) in [6.45, 7) is 4.55. The number of nitrogens with zero attached hydrogens (tertiary/aromatic N) is 5. The average Bonchev–Trinajstić information content (AvgIpc) is 3.57. The van der Waals surface area contributed by atoms with Crippen molar-refractivity contribution in [3.63, 3.8) is 0 Å². The zero-order chi connectivity index (χ0) is 32.9. The van der Waals surface area contributed by atoms with Crippen LogP contribution in [0.15, 0.2) is 67.0 Å². The van der Waals surface area contributed by atoms with Crippen LogP contribution >= 0.6 is 7.75 Å². The van der Waals surface area contributed by atoms with E-state index in [1.165, 1.54) is 24.7 Å². The van der Waals surface area contributed by atoms with E-state index in [0.717, 1.165) is 5.56 Å². The molecule has 1 unspecified atom stereocenters. The highest BCUT2D eigenvalue weighted by molar-refractivity contribution is 7.52. The van der Waals surface area contributed by atoms with Crippen LogP contribution in [0.5, 0.6) is 11.6 Å². The van der Waals surface area contributed by atoms with Gasteiger partial charge >= 0.3 is 13.7 Å². The maximum absolute atomic E-state index is 14.1. The number of para-hydroxylation sites is 1. The van der Waals surface area contributed by atoms with Gasteiger partial charge in [-0.05, 0) is 38.5 Å². The molecule has 15 nitrogen and oxygen atoms in total. The lowest BCUT2D eigenvalue weighted by molar-refractivity contribution is -0.146. The van der Waals surface area contributed by atoms with Crippen LogP contribution in [-0.4, -0.2) is 62.1 Å². The van der Waals surface area contributed by atoms with Gasteiger partial charge < -0.3 is 29.6 Å². The molecule has 4 N–H and O–H groups in total. The van der Waals surface area contributed by atoms with E-state index >= 15 is 0 Å². The van der Waals surface area contributed by atoms with Crippen LogP contribution in [0.2, 0.25) is 0 Å². The third-order valence-corrected chi connectivity index (χ3v) is 8.92. The first kappa shape index (κ1) is 32.8. The molecular weight excluding hydrogens is 617 g/mol. The number of rotatable bonds is 13. The monoisotopic (exact) mass is 651 g/mol. The number of nitrogens with one attached hydrogen (secondary N) is 1. The molecule has 6 atom stereocenters. The Labute approximate surface area is 264 Å². The Morgan fingerprint density at radius 3 is 2.59 bits per heavy atom. The molecule has 5 rings (SSSR count). The molecule has 46 heavy (non-hydrogen) atoms. The Bertz CT molecular complexity index is 1750. The topological polar surface area (TPSA) is 206 Å². The minimum atomic E-state index is -4.31. The zero-order valence-corrected chi connectivity index (χ0v) is 26.2. The first-order chi connectivity index (χ1) is 22.1. The molecule has 0 saturated carbocycles. The molecule has 0 amide bonds. The lowest BCUT2D eigenvalue weighted by Crippen LogP contribution is -2.39. The second-order valence-corrected chi connectivity index (χ2v) is 12.3. The molecule has 0 bridgehead atoms. The SMILES string of the molecule is CCOc1nc(N)nc2c1ncn2[C@@H]1O[C@H](COP(=O)(N[C@@H](C)C(=O)OCc2ccccc2)Oc2ccccc2)[C@@H](O)[C@@]1(C)C#N. The molecule has 16 heteroatoms. The minimum absolute atomic E-state index is 0.0121. The third-order valence-electron chi connectivity index (χ3n) is 7.27. The molecule has 1 aliphatic rings. The first-order valence-electron chi connectivity index (χ1n) is 14.4. The van der Waals surface area contributed by atoms with Crippen molar-refractivity contribution in [3.05, 3.63) is 72.6 Å². The van der Waals surface area contributed by atoms with Crippen molar-refractivity contribution >= 4 is 30.8 Å². The summed E-state index contributed by atoms with van der Waals surface area (Å²) in [5, 5.41) is 24.1. The molecule has 3 heterocycles. The number of benzene rings is 2. The van der Waals surface area contributed by atoms with Gasteiger partial charge in [-0.25, -0.2) is 9.55 Å². The Morgan fingerprint density at radius 2 is 1.91 bits per heavy atom. The Morgan fingerprint density at radius 1 is 1.22 bits per heavy atom. The molecule has 2 aromatic heterocycles. The van der Waals surface area contributed by atoms with Crippen LogP contribution in [0, 0.1) is 16.7 Å². The number of esters is 1. The predicted molar refractivity (Wildman–Crippen MR) is 164 cm³/mol. The minimum Gasteiger partial charge on any atom is -0.476 e. The standard InChI is InChI=1S/C30H34N7O8P/c1-4-41-26-23-25(34-29(32)35-26)37(18-33-23)28-30(3,17-31)24(38)22(44-28)16-43-46(40,45-21-13-9-6-10-14-21)36-19(2)27(39)42-15-20-11-7-5-8-12-20/h5-14,18-19,22,24,28,38H,4,15-16H2,1-3H3,(H,36,40)(H2,32,34,35)/t19-,22+,24+,28+,30+,46?/m0/s1. The number of nitrogen functional groups attached to an aromatic ring is 1. The van der Waals surface area contributed by atoms with Gasteiger partial charge in [0.25, 0.3) is 0 Å². The normalized spacial score (nSPS) is 22.9. The van der Waals surface area contributed by atoms with Gasteiger partial charge in [0.1, 0.15) is 36.0 Å².